The number of imidazole rings is 1. The van der Waals surface area contributed by atoms with Gasteiger partial charge in [0, 0.05) is 12.5 Å². The molecule has 0 spiro atoms. The van der Waals surface area contributed by atoms with Gasteiger partial charge in [0.15, 0.2) is 5.65 Å². The number of H-pyrrole nitrogens is 1. The van der Waals surface area contributed by atoms with Crippen molar-refractivity contribution in [3.63, 3.8) is 0 Å². The number of aromatic amines is 1. The predicted molar refractivity (Wildman–Crippen MR) is 69.7 cm³/mol. The van der Waals surface area contributed by atoms with Gasteiger partial charge >= 0.3 is 0 Å². The van der Waals surface area contributed by atoms with Crippen LogP contribution in [-0.4, -0.2) is 22.1 Å². The predicted octanol–water partition coefficient (Wildman–Crippen LogP) is 2.56. The maximum atomic E-state index is 5.08. The SMILES string of the molecule is COc1ccc2[nH]c(Cc3ccccc3)nc2n1. The van der Waals surface area contributed by atoms with Gasteiger partial charge in [-0.1, -0.05) is 30.3 Å². The van der Waals surface area contributed by atoms with Crippen LogP contribution < -0.4 is 4.74 Å². The van der Waals surface area contributed by atoms with Crippen LogP contribution in [0.5, 0.6) is 5.88 Å². The first-order chi connectivity index (χ1) is 8.85. The lowest BCUT2D eigenvalue weighted by Crippen LogP contribution is -1.89. The van der Waals surface area contributed by atoms with E-state index < -0.39 is 0 Å². The zero-order valence-corrected chi connectivity index (χ0v) is 10.1. The van der Waals surface area contributed by atoms with E-state index in [4.69, 9.17) is 4.74 Å². The zero-order valence-electron chi connectivity index (χ0n) is 10.1. The van der Waals surface area contributed by atoms with Crippen LogP contribution >= 0.6 is 0 Å². The molecular formula is C14H13N3O. The molecule has 0 bridgehead atoms. The maximum absolute atomic E-state index is 5.08. The molecule has 4 heteroatoms. The van der Waals surface area contributed by atoms with Crippen molar-refractivity contribution >= 4 is 11.2 Å². The van der Waals surface area contributed by atoms with Crippen LogP contribution in [0.4, 0.5) is 0 Å². The van der Waals surface area contributed by atoms with Crippen LogP contribution in [0.3, 0.4) is 0 Å². The Bertz CT molecular complexity index is 661. The molecule has 3 aromatic rings. The van der Waals surface area contributed by atoms with E-state index in [0.717, 1.165) is 17.8 Å². The van der Waals surface area contributed by atoms with Crippen LogP contribution in [0.25, 0.3) is 11.2 Å². The molecule has 0 saturated heterocycles. The normalized spacial score (nSPS) is 10.7. The molecule has 0 amide bonds. The molecule has 0 unspecified atom stereocenters. The molecule has 0 radical (unpaired) electrons. The number of benzene rings is 1. The van der Waals surface area contributed by atoms with Crippen molar-refractivity contribution in [2.45, 2.75) is 6.42 Å². The van der Waals surface area contributed by atoms with Crippen molar-refractivity contribution < 1.29 is 4.74 Å². The average Bonchev–Trinajstić information content (AvgIpc) is 2.80. The van der Waals surface area contributed by atoms with Crippen LogP contribution in [0.15, 0.2) is 42.5 Å². The molecule has 1 N–H and O–H groups in total. The monoisotopic (exact) mass is 239 g/mol. The molecule has 0 saturated carbocycles. The Kier molecular flexibility index (Phi) is 2.68. The number of pyridine rings is 1. The first-order valence-corrected chi connectivity index (χ1v) is 5.79. The smallest absolute Gasteiger partial charge is 0.215 e. The lowest BCUT2D eigenvalue weighted by Gasteiger charge is -1.95. The number of methoxy groups -OCH3 is 1. The summed E-state index contributed by atoms with van der Waals surface area (Å²) in [6.45, 7) is 0. The second kappa shape index (κ2) is 4.49. The Morgan fingerprint density at radius 2 is 1.89 bits per heavy atom. The van der Waals surface area contributed by atoms with Crippen molar-refractivity contribution in [1.29, 1.82) is 0 Å². The highest BCUT2D eigenvalue weighted by molar-refractivity contribution is 5.71. The molecule has 0 aliphatic carbocycles. The summed E-state index contributed by atoms with van der Waals surface area (Å²) >= 11 is 0. The number of hydrogen-bond donors (Lipinski definition) is 1. The highest BCUT2D eigenvalue weighted by Gasteiger charge is 2.05. The second-order valence-corrected chi connectivity index (χ2v) is 4.07. The summed E-state index contributed by atoms with van der Waals surface area (Å²) in [5.41, 5.74) is 2.85. The third-order valence-electron chi connectivity index (χ3n) is 2.79. The van der Waals surface area contributed by atoms with E-state index in [-0.39, 0.29) is 0 Å². The van der Waals surface area contributed by atoms with Gasteiger partial charge in [-0.2, -0.15) is 4.98 Å². The van der Waals surface area contributed by atoms with E-state index in [0.29, 0.717) is 11.5 Å². The Hall–Kier alpha value is -2.36. The summed E-state index contributed by atoms with van der Waals surface area (Å²) in [5, 5.41) is 0. The average molecular weight is 239 g/mol. The van der Waals surface area contributed by atoms with Crippen molar-refractivity contribution in [3.05, 3.63) is 53.9 Å². The summed E-state index contributed by atoms with van der Waals surface area (Å²) in [7, 11) is 1.60. The fourth-order valence-corrected chi connectivity index (χ4v) is 1.91. The van der Waals surface area contributed by atoms with Crippen LogP contribution in [0.2, 0.25) is 0 Å². The van der Waals surface area contributed by atoms with E-state index in [9.17, 15) is 0 Å². The summed E-state index contributed by atoms with van der Waals surface area (Å²) in [6, 6.07) is 14.0. The van der Waals surface area contributed by atoms with Crippen molar-refractivity contribution in [3.8, 4) is 5.88 Å². The molecule has 4 nitrogen and oxygen atoms in total. The lowest BCUT2D eigenvalue weighted by molar-refractivity contribution is 0.399. The zero-order chi connectivity index (χ0) is 12.4. The number of hydrogen-bond acceptors (Lipinski definition) is 3. The van der Waals surface area contributed by atoms with E-state index >= 15 is 0 Å². The Labute approximate surface area is 105 Å². The van der Waals surface area contributed by atoms with Gasteiger partial charge < -0.3 is 9.72 Å². The van der Waals surface area contributed by atoms with E-state index in [2.05, 4.69) is 27.1 Å². The Balaban J connectivity index is 1.94. The number of nitrogens with one attached hydrogen (secondary N) is 1. The number of ether oxygens (including phenoxy) is 1. The van der Waals surface area contributed by atoms with Gasteiger partial charge in [0.2, 0.25) is 5.88 Å². The van der Waals surface area contributed by atoms with E-state index in [1.54, 1.807) is 7.11 Å². The molecule has 2 aromatic heterocycles. The fourth-order valence-electron chi connectivity index (χ4n) is 1.91. The molecule has 0 aliphatic heterocycles. The van der Waals surface area contributed by atoms with E-state index in [1.807, 2.05) is 30.3 Å². The van der Waals surface area contributed by atoms with Crippen molar-refractivity contribution in [1.82, 2.24) is 15.0 Å². The number of nitrogens with zero attached hydrogens (tertiary/aromatic N) is 2. The van der Waals surface area contributed by atoms with Gasteiger partial charge in [-0.3, -0.25) is 0 Å². The number of fused-ring (bicyclic) bond motifs is 1. The maximum Gasteiger partial charge on any atom is 0.215 e. The minimum absolute atomic E-state index is 0.584. The molecule has 3 rings (SSSR count). The summed E-state index contributed by atoms with van der Waals surface area (Å²) in [6.07, 6.45) is 0.777. The van der Waals surface area contributed by atoms with Crippen molar-refractivity contribution in [2.75, 3.05) is 7.11 Å². The standard InChI is InChI=1S/C14H13N3O/c1-18-13-8-7-11-14(17-13)16-12(15-11)9-10-5-3-2-4-6-10/h2-8H,9H2,1H3,(H,15,16,17). The van der Waals surface area contributed by atoms with Gasteiger partial charge in [0.25, 0.3) is 0 Å². The molecule has 90 valence electrons. The first-order valence-electron chi connectivity index (χ1n) is 5.79. The third-order valence-corrected chi connectivity index (χ3v) is 2.79. The lowest BCUT2D eigenvalue weighted by atomic mass is 10.1. The Morgan fingerprint density at radius 3 is 2.67 bits per heavy atom. The van der Waals surface area contributed by atoms with E-state index in [1.165, 1.54) is 5.56 Å². The number of aromatic nitrogens is 3. The van der Waals surface area contributed by atoms with Gasteiger partial charge in [-0.15, -0.1) is 0 Å². The summed E-state index contributed by atoms with van der Waals surface area (Å²) < 4.78 is 5.08. The minimum Gasteiger partial charge on any atom is -0.481 e. The molecule has 0 fully saturated rings. The number of rotatable bonds is 3. The van der Waals surface area contributed by atoms with Gasteiger partial charge in [-0.05, 0) is 11.6 Å². The first kappa shape index (κ1) is 10.8. The molecule has 0 aliphatic rings. The molecule has 18 heavy (non-hydrogen) atoms. The summed E-state index contributed by atoms with van der Waals surface area (Å²) in [5.74, 6) is 1.50. The molecule has 0 atom stereocenters. The van der Waals surface area contributed by atoms with Gasteiger partial charge in [0.1, 0.15) is 5.82 Å². The minimum atomic E-state index is 0.584. The fraction of sp³-hybridized carbons (Fsp3) is 0.143. The highest BCUT2D eigenvalue weighted by Crippen LogP contribution is 2.15. The molecular weight excluding hydrogens is 226 g/mol. The van der Waals surface area contributed by atoms with Crippen LogP contribution in [0.1, 0.15) is 11.4 Å². The summed E-state index contributed by atoms with van der Waals surface area (Å²) in [4.78, 5) is 12.0. The largest absolute Gasteiger partial charge is 0.481 e. The third kappa shape index (κ3) is 2.05. The molecule has 1 aromatic carbocycles. The van der Waals surface area contributed by atoms with Crippen LogP contribution in [0, 0.1) is 0 Å². The van der Waals surface area contributed by atoms with Gasteiger partial charge in [0.05, 0.1) is 12.6 Å². The highest BCUT2D eigenvalue weighted by atomic mass is 16.5. The van der Waals surface area contributed by atoms with Gasteiger partial charge in [-0.25, -0.2) is 4.98 Å². The second-order valence-electron chi connectivity index (χ2n) is 4.07. The van der Waals surface area contributed by atoms with Crippen LogP contribution in [-0.2, 0) is 6.42 Å². The topological polar surface area (TPSA) is 50.8 Å². The quantitative estimate of drug-likeness (QED) is 0.764. The van der Waals surface area contributed by atoms with Crippen molar-refractivity contribution in [2.24, 2.45) is 0 Å². The Morgan fingerprint density at radius 1 is 1.06 bits per heavy atom. The molecule has 2 heterocycles.